The average Bonchev–Trinajstić information content (AvgIpc) is 3.52. The first-order valence-electron chi connectivity index (χ1n) is 11.2. The topological polar surface area (TPSA) is 103 Å². The number of halogens is 2. The summed E-state index contributed by atoms with van der Waals surface area (Å²) in [6, 6.07) is 5.75. The van der Waals surface area contributed by atoms with Gasteiger partial charge in [0.2, 0.25) is 5.91 Å². The molecule has 2 aromatic carbocycles. The zero-order chi connectivity index (χ0) is 25.2. The van der Waals surface area contributed by atoms with Crippen molar-refractivity contribution in [1.82, 2.24) is 14.9 Å². The molecule has 5 rings (SSSR count). The number of amides is 1. The molecule has 3 N–H and O–H groups in total. The van der Waals surface area contributed by atoms with E-state index in [1.165, 1.54) is 6.07 Å². The molecule has 2 radical (unpaired) electrons. The Morgan fingerprint density at radius 1 is 1.26 bits per heavy atom. The summed E-state index contributed by atoms with van der Waals surface area (Å²) in [5.41, 5.74) is 6.74. The van der Waals surface area contributed by atoms with Gasteiger partial charge in [-0.25, -0.2) is 0 Å². The van der Waals surface area contributed by atoms with E-state index < -0.39 is 17.2 Å². The van der Waals surface area contributed by atoms with Crippen LogP contribution in [0.25, 0.3) is 33.1 Å². The number of oxazole rings is 1. The van der Waals surface area contributed by atoms with E-state index in [1.54, 1.807) is 37.5 Å². The van der Waals surface area contributed by atoms with Crippen LogP contribution in [0, 0.1) is 18.6 Å². The number of hydrogen-bond donors (Lipinski definition) is 2. The molecule has 2 aromatic heterocycles. The van der Waals surface area contributed by atoms with Crippen LogP contribution in [-0.2, 0) is 11.3 Å². The second-order valence-electron chi connectivity index (χ2n) is 9.51. The fraction of sp³-hybridized carbons (Fsp3) is 0.320. The molecule has 0 bridgehead atoms. The Balaban J connectivity index is 1.71. The quantitative estimate of drug-likeness (QED) is 0.379. The third kappa shape index (κ3) is 4.06. The van der Waals surface area contributed by atoms with E-state index in [2.05, 4.69) is 10.3 Å². The summed E-state index contributed by atoms with van der Waals surface area (Å²) >= 11 is 2.01. The van der Waals surface area contributed by atoms with Crippen molar-refractivity contribution in [3.63, 3.8) is 0 Å². The summed E-state index contributed by atoms with van der Waals surface area (Å²) in [4.78, 5) is 30.0. The van der Waals surface area contributed by atoms with Gasteiger partial charge in [0.25, 0.3) is 0 Å². The molecule has 0 saturated heterocycles. The van der Waals surface area contributed by atoms with E-state index in [0.717, 1.165) is 18.9 Å². The molecule has 1 amide bonds. The number of benzene rings is 2. The Hall–Kier alpha value is -3.03. The maximum atomic E-state index is 14.8. The molecular weight excluding hydrogens is 517 g/mol. The minimum atomic E-state index is -1.07. The molecule has 180 valence electrons. The van der Waals surface area contributed by atoms with Gasteiger partial charge in [-0.1, -0.05) is 0 Å². The van der Waals surface area contributed by atoms with Gasteiger partial charge in [0, 0.05) is 0 Å². The zero-order valence-corrected chi connectivity index (χ0v) is 21.3. The molecule has 1 saturated carbocycles. The van der Waals surface area contributed by atoms with Crippen LogP contribution in [0.15, 0.2) is 33.5 Å². The van der Waals surface area contributed by atoms with E-state index in [1.807, 2.05) is 16.9 Å². The first-order valence-corrected chi connectivity index (χ1v) is 12.1. The minimum absolute atomic E-state index is 0.00172. The molecular formula is C25H23AsF2N4O3. The van der Waals surface area contributed by atoms with Gasteiger partial charge < -0.3 is 11.1 Å². The summed E-state index contributed by atoms with van der Waals surface area (Å²) < 4.78 is 36.9. The Kier molecular flexibility index (Phi) is 5.60. The number of fused-ring (bicyclic) bond motifs is 3. The predicted molar refractivity (Wildman–Crippen MR) is 130 cm³/mol. The molecule has 0 unspecified atom stereocenters. The van der Waals surface area contributed by atoms with Crippen molar-refractivity contribution in [1.29, 1.82) is 0 Å². The van der Waals surface area contributed by atoms with Crippen molar-refractivity contribution >= 4 is 49.1 Å². The molecule has 0 spiro atoms. The molecule has 35 heavy (non-hydrogen) atoms. The number of nitrogens with two attached hydrogens (primary N) is 1. The Morgan fingerprint density at radius 2 is 1.97 bits per heavy atom. The number of hydrogen-bond acceptors (Lipinski definition) is 5. The van der Waals surface area contributed by atoms with E-state index in [0.29, 0.717) is 27.6 Å². The van der Waals surface area contributed by atoms with E-state index in [4.69, 9.17) is 10.2 Å². The summed E-state index contributed by atoms with van der Waals surface area (Å²) in [6.07, 6.45) is 1.67. The SMILES string of the molecule is Cc1c(-c2cc(F)c([As])cc2F)ccc2c3oc(CNC(=O)C(C)(C)N)nc3c(=O)n(C3CC3)c12. The van der Waals surface area contributed by atoms with Crippen LogP contribution in [0.2, 0.25) is 0 Å². The number of aromatic nitrogens is 2. The maximum absolute atomic E-state index is 14.8. The summed E-state index contributed by atoms with van der Waals surface area (Å²) in [5.74, 6) is -1.28. The predicted octanol–water partition coefficient (Wildman–Crippen LogP) is 2.88. The fourth-order valence-corrected chi connectivity index (χ4v) is 4.65. The van der Waals surface area contributed by atoms with Crippen LogP contribution in [0.5, 0.6) is 0 Å². The van der Waals surface area contributed by atoms with Crippen molar-refractivity contribution in [2.75, 3.05) is 0 Å². The van der Waals surface area contributed by atoms with E-state index in [9.17, 15) is 18.4 Å². The standard InChI is InChI=1S/C25H23AsF2N4O3/c1-11-13(15-8-18(28)16(26)9-17(15)27)6-7-14-21(11)32(12-4-5-12)23(33)20-22(14)35-19(31-20)10-30-24(34)25(2,3)29/h6-9,12H,4-5,10,29H2,1-3H3,(H,30,34). The zero-order valence-electron chi connectivity index (χ0n) is 19.4. The molecule has 2 heterocycles. The van der Waals surface area contributed by atoms with Crippen LogP contribution in [0.4, 0.5) is 8.78 Å². The third-order valence-corrected chi connectivity index (χ3v) is 6.95. The number of nitrogens with zero attached hydrogens (tertiary/aromatic N) is 2. The summed E-state index contributed by atoms with van der Waals surface area (Å²) in [5, 5.41) is 3.31. The van der Waals surface area contributed by atoms with Crippen LogP contribution < -0.4 is 21.0 Å². The second-order valence-corrected chi connectivity index (χ2v) is 10.5. The van der Waals surface area contributed by atoms with Crippen molar-refractivity contribution in [2.45, 2.75) is 51.7 Å². The molecule has 1 aliphatic carbocycles. The van der Waals surface area contributed by atoms with E-state index >= 15 is 0 Å². The molecule has 4 aromatic rings. The number of carbonyl (C=O) groups excluding carboxylic acids is 1. The Bertz CT molecular complexity index is 1580. The van der Waals surface area contributed by atoms with Gasteiger partial charge in [0.15, 0.2) is 0 Å². The second kappa shape index (κ2) is 8.28. The van der Waals surface area contributed by atoms with Crippen molar-refractivity contribution in [3.05, 3.63) is 57.7 Å². The Labute approximate surface area is 208 Å². The fourth-order valence-electron chi connectivity index (χ4n) is 4.28. The molecule has 10 heteroatoms. The van der Waals surface area contributed by atoms with Crippen molar-refractivity contribution in [2.24, 2.45) is 5.73 Å². The van der Waals surface area contributed by atoms with Gasteiger partial charge in [-0.2, -0.15) is 0 Å². The monoisotopic (exact) mass is 540 g/mol. The Morgan fingerprint density at radius 3 is 2.63 bits per heavy atom. The number of aryl methyl sites for hydroxylation is 1. The summed E-state index contributed by atoms with van der Waals surface area (Å²) in [6.45, 7) is 4.93. The number of carbonyl (C=O) groups is 1. The van der Waals surface area contributed by atoms with E-state index in [-0.39, 0.29) is 45.4 Å². The first kappa shape index (κ1) is 23.7. The van der Waals surface area contributed by atoms with Crippen molar-refractivity contribution < 1.29 is 18.0 Å². The molecule has 7 nitrogen and oxygen atoms in total. The normalized spacial score (nSPS) is 14.1. The van der Waals surface area contributed by atoms with Gasteiger partial charge >= 0.3 is 167 Å². The number of pyridine rings is 1. The third-order valence-electron chi connectivity index (χ3n) is 6.23. The van der Waals surface area contributed by atoms with Crippen LogP contribution >= 0.6 is 0 Å². The van der Waals surface area contributed by atoms with Gasteiger partial charge in [0.1, 0.15) is 0 Å². The van der Waals surface area contributed by atoms with Crippen LogP contribution in [-0.4, -0.2) is 37.8 Å². The molecule has 0 aliphatic heterocycles. The average molecular weight is 540 g/mol. The molecule has 0 atom stereocenters. The van der Waals surface area contributed by atoms with Crippen LogP contribution in [0.1, 0.15) is 44.2 Å². The van der Waals surface area contributed by atoms with Gasteiger partial charge in [0.05, 0.1) is 5.54 Å². The number of rotatable bonds is 5. The molecule has 1 fully saturated rings. The summed E-state index contributed by atoms with van der Waals surface area (Å²) in [7, 11) is 0. The first-order chi connectivity index (χ1) is 16.5. The molecule has 1 aliphatic rings. The van der Waals surface area contributed by atoms with Crippen LogP contribution in [0.3, 0.4) is 0 Å². The van der Waals surface area contributed by atoms with Crippen molar-refractivity contribution in [3.8, 4) is 11.1 Å². The van der Waals surface area contributed by atoms with Gasteiger partial charge in [-0.15, -0.1) is 0 Å². The van der Waals surface area contributed by atoms with Gasteiger partial charge in [-0.05, 0) is 13.8 Å². The van der Waals surface area contributed by atoms with Gasteiger partial charge in [-0.3, -0.25) is 4.79 Å². The number of nitrogens with one attached hydrogen (secondary N) is 1.